The second kappa shape index (κ2) is 7.20. The minimum atomic E-state index is -0.263. The molecule has 5 heteroatoms. The third kappa shape index (κ3) is 4.03. The summed E-state index contributed by atoms with van der Waals surface area (Å²) in [4.78, 5) is 29.9. The van der Waals surface area contributed by atoms with Crippen molar-refractivity contribution in [3.8, 4) is 0 Å². The first-order valence-electron chi connectivity index (χ1n) is 7.41. The number of amides is 1. The Hall–Kier alpha value is -1.91. The van der Waals surface area contributed by atoms with E-state index in [2.05, 4.69) is 9.72 Å². The van der Waals surface area contributed by atoms with Gasteiger partial charge in [0.15, 0.2) is 0 Å². The fourth-order valence-corrected chi connectivity index (χ4v) is 2.75. The number of esters is 1. The molecular formula is C16H22N2O3. The maximum Gasteiger partial charge on any atom is 0.305 e. The number of methoxy groups -OCH3 is 1. The van der Waals surface area contributed by atoms with Gasteiger partial charge >= 0.3 is 5.97 Å². The number of hydrogen-bond donors (Lipinski definition) is 0. The van der Waals surface area contributed by atoms with E-state index in [1.165, 1.54) is 7.11 Å². The Morgan fingerprint density at radius 2 is 2.19 bits per heavy atom. The molecule has 21 heavy (non-hydrogen) atoms. The van der Waals surface area contributed by atoms with Gasteiger partial charge in [0.25, 0.3) is 0 Å². The van der Waals surface area contributed by atoms with Gasteiger partial charge in [-0.05, 0) is 38.3 Å². The molecule has 0 aromatic carbocycles. The van der Waals surface area contributed by atoms with Crippen molar-refractivity contribution < 1.29 is 14.3 Å². The molecule has 0 spiro atoms. The van der Waals surface area contributed by atoms with Crippen molar-refractivity contribution in [2.45, 2.75) is 45.1 Å². The predicted molar refractivity (Wildman–Crippen MR) is 78.5 cm³/mol. The molecule has 1 atom stereocenters. The quantitative estimate of drug-likeness (QED) is 0.781. The Kier molecular flexibility index (Phi) is 5.31. The highest BCUT2D eigenvalue weighted by molar-refractivity contribution is 5.78. The molecular weight excluding hydrogens is 268 g/mol. The molecule has 2 heterocycles. The van der Waals surface area contributed by atoms with Crippen molar-refractivity contribution in [3.05, 3.63) is 29.6 Å². The average molecular weight is 290 g/mol. The van der Waals surface area contributed by atoms with E-state index in [1.54, 1.807) is 0 Å². The zero-order valence-corrected chi connectivity index (χ0v) is 12.7. The summed E-state index contributed by atoms with van der Waals surface area (Å²) in [7, 11) is 1.37. The van der Waals surface area contributed by atoms with Gasteiger partial charge in [-0.25, -0.2) is 0 Å². The first-order valence-corrected chi connectivity index (χ1v) is 7.41. The van der Waals surface area contributed by atoms with Crippen molar-refractivity contribution in [1.82, 2.24) is 9.88 Å². The molecule has 2 rings (SSSR count). The molecule has 1 aliphatic rings. The molecule has 1 amide bonds. The molecule has 0 bridgehead atoms. The van der Waals surface area contributed by atoms with E-state index in [4.69, 9.17) is 0 Å². The number of hydrogen-bond acceptors (Lipinski definition) is 4. The Morgan fingerprint density at radius 3 is 2.90 bits per heavy atom. The minimum Gasteiger partial charge on any atom is -0.469 e. The number of nitrogens with zero attached hydrogens (tertiary/aromatic N) is 2. The zero-order chi connectivity index (χ0) is 15.2. The summed E-state index contributed by atoms with van der Waals surface area (Å²) in [5.41, 5.74) is 1.94. The molecule has 1 aromatic heterocycles. The molecule has 0 aliphatic carbocycles. The fraction of sp³-hybridized carbons (Fsp3) is 0.562. The predicted octanol–water partition coefficient (Wildman–Crippen LogP) is 2.40. The van der Waals surface area contributed by atoms with Gasteiger partial charge in [-0.2, -0.15) is 0 Å². The summed E-state index contributed by atoms with van der Waals surface area (Å²) < 4.78 is 4.59. The van der Waals surface area contributed by atoms with Gasteiger partial charge in [-0.15, -0.1) is 0 Å². The molecule has 0 saturated carbocycles. The Morgan fingerprint density at radius 1 is 1.38 bits per heavy atom. The van der Waals surface area contributed by atoms with Crippen LogP contribution < -0.4 is 0 Å². The number of likely N-dealkylation sites (tertiary alicyclic amines) is 1. The van der Waals surface area contributed by atoms with Gasteiger partial charge < -0.3 is 9.64 Å². The average Bonchev–Trinajstić information content (AvgIpc) is 2.96. The number of aromatic nitrogens is 1. The lowest BCUT2D eigenvalue weighted by atomic mass is 10.1. The van der Waals surface area contributed by atoms with Crippen LogP contribution in [0.2, 0.25) is 0 Å². The van der Waals surface area contributed by atoms with Crippen LogP contribution in [-0.2, 0) is 14.3 Å². The molecule has 1 aliphatic heterocycles. The number of rotatable bonds is 5. The van der Waals surface area contributed by atoms with Crippen molar-refractivity contribution in [1.29, 1.82) is 0 Å². The molecule has 114 valence electrons. The maximum absolute atomic E-state index is 12.3. The lowest BCUT2D eigenvalue weighted by molar-refractivity contribution is -0.141. The molecule has 1 fully saturated rings. The van der Waals surface area contributed by atoms with Crippen LogP contribution in [0, 0.1) is 6.92 Å². The van der Waals surface area contributed by atoms with E-state index in [0.29, 0.717) is 19.3 Å². The van der Waals surface area contributed by atoms with Gasteiger partial charge in [-0.1, -0.05) is 6.07 Å². The molecule has 0 unspecified atom stereocenters. The van der Waals surface area contributed by atoms with Gasteiger partial charge in [0.2, 0.25) is 5.91 Å². The third-order valence-corrected chi connectivity index (χ3v) is 3.82. The summed E-state index contributed by atoms with van der Waals surface area (Å²) >= 11 is 0. The van der Waals surface area contributed by atoms with Crippen LogP contribution in [0.4, 0.5) is 0 Å². The number of carbonyl (C=O) groups is 2. The van der Waals surface area contributed by atoms with Crippen molar-refractivity contribution in [2.24, 2.45) is 0 Å². The van der Waals surface area contributed by atoms with Crippen LogP contribution in [0.3, 0.4) is 0 Å². The second-order valence-corrected chi connectivity index (χ2v) is 5.38. The van der Waals surface area contributed by atoms with Gasteiger partial charge in [0, 0.05) is 25.1 Å². The van der Waals surface area contributed by atoms with Crippen molar-refractivity contribution in [2.75, 3.05) is 13.7 Å². The molecule has 0 radical (unpaired) electrons. The largest absolute Gasteiger partial charge is 0.469 e. The molecule has 1 saturated heterocycles. The number of pyridine rings is 1. The Balaban J connectivity index is 1.95. The van der Waals surface area contributed by atoms with E-state index < -0.39 is 0 Å². The summed E-state index contributed by atoms with van der Waals surface area (Å²) in [6, 6.07) is 6.00. The normalized spacial score (nSPS) is 17.8. The highest BCUT2D eigenvalue weighted by Crippen LogP contribution is 2.31. The van der Waals surface area contributed by atoms with Crippen LogP contribution in [0.15, 0.2) is 18.2 Å². The zero-order valence-electron chi connectivity index (χ0n) is 12.7. The van der Waals surface area contributed by atoms with E-state index in [9.17, 15) is 9.59 Å². The van der Waals surface area contributed by atoms with Gasteiger partial charge in [-0.3, -0.25) is 14.6 Å². The first-order chi connectivity index (χ1) is 10.1. The summed E-state index contributed by atoms with van der Waals surface area (Å²) in [6.07, 6.45) is 3.18. The van der Waals surface area contributed by atoms with E-state index >= 15 is 0 Å². The van der Waals surface area contributed by atoms with Crippen LogP contribution in [0.5, 0.6) is 0 Å². The van der Waals surface area contributed by atoms with Gasteiger partial charge in [0.05, 0.1) is 18.8 Å². The highest BCUT2D eigenvalue weighted by atomic mass is 16.5. The molecule has 0 N–H and O–H groups in total. The number of ether oxygens (including phenoxy) is 1. The Bertz CT molecular complexity index is 516. The molecule has 5 nitrogen and oxygen atoms in total. The molecule has 1 aromatic rings. The second-order valence-electron chi connectivity index (χ2n) is 5.38. The minimum absolute atomic E-state index is 0.0792. The number of aryl methyl sites for hydroxylation is 1. The van der Waals surface area contributed by atoms with Crippen molar-refractivity contribution >= 4 is 11.9 Å². The van der Waals surface area contributed by atoms with E-state index in [-0.39, 0.29) is 17.9 Å². The van der Waals surface area contributed by atoms with Gasteiger partial charge in [0.1, 0.15) is 0 Å². The summed E-state index contributed by atoms with van der Waals surface area (Å²) in [6.45, 7) is 2.73. The topological polar surface area (TPSA) is 59.5 Å². The first kappa shape index (κ1) is 15.5. The summed E-state index contributed by atoms with van der Waals surface area (Å²) in [5.74, 6) is -0.161. The van der Waals surface area contributed by atoms with Crippen molar-refractivity contribution in [3.63, 3.8) is 0 Å². The smallest absolute Gasteiger partial charge is 0.305 e. The lowest BCUT2D eigenvalue weighted by Gasteiger charge is -2.24. The van der Waals surface area contributed by atoms with Crippen LogP contribution in [0.25, 0.3) is 0 Å². The monoisotopic (exact) mass is 290 g/mol. The SMILES string of the molecule is COC(=O)CCCC(=O)N1CCC[C@@H]1c1cccc(C)n1. The maximum atomic E-state index is 12.3. The lowest BCUT2D eigenvalue weighted by Crippen LogP contribution is -2.30. The third-order valence-electron chi connectivity index (χ3n) is 3.82. The Labute approximate surface area is 125 Å². The van der Waals surface area contributed by atoms with E-state index in [0.717, 1.165) is 30.8 Å². The van der Waals surface area contributed by atoms with Crippen LogP contribution in [-0.4, -0.2) is 35.4 Å². The highest BCUT2D eigenvalue weighted by Gasteiger charge is 2.30. The fourth-order valence-electron chi connectivity index (χ4n) is 2.75. The van der Waals surface area contributed by atoms with Crippen LogP contribution in [0.1, 0.15) is 49.5 Å². The number of carbonyl (C=O) groups excluding carboxylic acids is 2. The van der Waals surface area contributed by atoms with E-state index in [1.807, 2.05) is 30.0 Å². The van der Waals surface area contributed by atoms with Crippen LogP contribution >= 0.6 is 0 Å². The summed E-state index contributed by atoms with van der Waals surface area (Å²) in [5, 5.41) is 0. The standard InChI is InChI=1S/C16H22N2O3/c1-12-6-3-7-13(17-12)14-8-5-11-18(14)15(19)9-4-10-16(20)21-2/h3,6-7,14H,4-5,8-11H2,1-2H3/t14-/m1/s1.